The van der Waals surface area contributed by atoms with Gasteiger partial charge in [-0.3, -0.25) is 4.79 Å². The number of rotatable bonds is 6. The number of nitrogens with one attached hydrogen (secondary N) is 2. The Balaban J connectivity index is 1.27. The number of anilines is 2. The van der Waals surface area contributed by atoms with Crippen LogP contribution in [0.15, 0.2) is 54.6 Å². The lowest BCUT2D eigenvalue weighted by Crippen LogP contribution is -2.56. The quantitative estimate of drug-likeness (QED) is 0.758. The smallest absolute Gasteiger partial charge is 0.247 e. The summed E-state index contributed by atoms with van der Waals surface area (Å²) in [6.45, 7) is 6.71. The molecule has 2 aromatic rings. The van der Waals surface area contributed by atoms with Gasteiger partial charge in [0, 0.05) is 31.0 Å². The highest BCUT2D eigenvalue weighted by Crippen LogP contribution is 2.36. The number of hydrogen-bond acceptors (Lipinski definition) is 4. The Kier molecular flexibility index (Phi) is 5.53. The standard InChI is InChI=1S/C23H30N4O/c1-19-8-10-20(11-9-19)24-14-5-15-26-16-12-23(13-17-26)22(28)25-18-27(23)21-6-3-2-4-7-21/h2-4,6-11,24H,5,12-18H2,1H3,(H,25,28). The van der Waals surface area contributed by atoms with Gasteiger partial charge < -0.3 is 20.4 Å². The number of nitrogens with zero attached hydrogens (tertiary/aromatic N) is 2. The Morgan fingerprint density at radius 3 is 2.46 bits per heavy atom. The second-order valence-corrected chi connectivity index (χ2v) is 7.95. The van der Waals surface area contributed by atoms with Gasteiger partial charge in [0.25, 0.3) is 0 Å². The van der Waals surface area contributed by atoms with Crippen molar-refractivity contribution >= 4 is 17.3 Å². The lowest BCUT2D eigenvalue weighted by molar-refractivity contribution is -0.125. The third-order valence-corrected chi connectivity index (χ3v) is 6.12. The van der Waals surface area contributed by atoms with E-state index >= 15 is 0 Å². The van der Waals surface area contributed by atoms with Crippen LogP contribution in [0, 0.1) is 6.92 Å². The lowest BCUT2D eigenvalue weighted by Gasteiger charge is -2.43. The van der Waals surface area contributed by atoms with Gasteiger partial charge in [0.05, 0.1) is 6.67 Å². The minimum Gasteiger partial charge on any atom is -0.385 e. The molecule has 2 saturated heterocycles. The molecule has 2 aliphatic rings. The van der Waals surface area contributed by atoms with Crippen LogP contribution in [0.1, 0.15) is 24.8 Å². The van der Waals surface area contributed by atoms with Crippen LogP contribution in [0.25, 0.3) is 0 Å². The molecule has 0 saturated carbocycles. The molecule has 4 rings (SSSR count). The molecule has 2 aromatic carbocycles. The molecule has 1 spiro atoms. The van der Waals surface area contributed by atoms with E-state index in [4.69, 9.17) is 0 Å². The highest BCUT2D eigenvalue weighted by molar-refractivity contribution is 5.93. The van der Waals surface area contributed by atoms with E-state index in [0.717, 1.165) is 51.1 Å². The molecule has 0 bridgehead atoms. The normalized spacial score (nSPS) is 19.0. The van der Waals surface area contributed by atoms with Gasteiger partial charge in [-0.2, -0.15) is 0 Å². The zero-order valence-electron chi connectivity index (χ0n) is 16.7. The van der Waals surface area contributed by atoms with E-state index < -0.39 is 0 Å². The average Bonchev–Trinajstić information content (AvgIpc) is 3.04. The maximum absolute atomic E-state index is 12.7. The van der Waals surface area contributed by atoms with Crippen molar-refractivity contribution in [2.75, 3.05) is 43.1 Å². The maximum atomic E-state index is 12.7. The summed E-state index contributed by atoms with van der Waals surface area (Å²) in [7, 11) is 0. The minimum atomic E-state index is -0.377. The van der Waals surface area contributed by atoms with Crippen LogP contribution >= 0.6 is 0 Å². The molecule has 5 heteroatoms. The van der Waals surface area contributed by atoms with E-state index in [1.54, 1.807) is 0 Å². The van der Waals surface area contributed by atoms with Crippen LogP contribution in [-0.4, -0.2) is 49.2 Å². The fourth-order valence-electron chi connectivity index (χ4n) is 4.39. The first-order valence-electron chi connectivity index (χ1n) is 10.3. The summed E-state index contributed by atoms with van der Waals surface area (Å²) in [5, 5.41) is 6.57. The topological polar surface area (TPSA) is 47.6 Å². The molecule has 148 valence electrons. The van der Waals surface area contributed by atoms with Crippen LogP contribution < -0.4 is 15.5 Å². The minimum absolute atomic E-state index is 0.192. The maximum Gasteiger partial charge on any atom is 0.247 e. The van der Waals surface area contributed by atoms with Crippen LogP contribution in [0.3, 0.4) is 0 Å². The van der Waals surface area contributed by atoms with Gasteiger partial charge in [-0.15, -0.1) is 0 Å². The highest BCUT2D eigenvalue weighted by atomic mass is 16.2. The molecule has 0 unspecified atom stereocenters. The molecular formula is C23H30N4O. The highest BCUT2D eigenvalue weighted by Gasteiger charge is 2.50. The van der Waals surface area contributed by atoms with Crippen LogP contribution in [0.5, 0.6) is 0 Å². The molecular weight excluding hydrogens is 348 g/mol. The number of likely N-dealkylation sites (tertiary alicyclic amines) is 1. The molecule has 2 heterocycles. The number of carbonyl (C=O) groups excluding carboxylic acids is 1. The van der Waals surface area contributed by atoms with Crippen LogP contribution in [0.2, 0.25) is 0 Å². The third-order valence-electron chi connectivity index (χ3n) is 6.12. The Morgan fingerprint density at radius 2 is 1.75 bits per heavy atom. The van der Waals surface area contributed by atoms with Gasteiger partial charge >= 0.3 is 0 Å². The molecule has 0 aromatic heterocycles. The monoisotopic (exact) mass is 378 g/mol. The van der Waals surface area contributed by atoms with E-state index in [9.17, 15) is 4.79 Å². The Hall–Kier alpha value is -2.53. The van der Waals surface area contributed by atoms with Crippen molar-refractivity contribution in [3.8, 4) is 0 Å². The predicted octanol–water partition coefficient (Wildman–Crippen LogP) is 3.23. The first-order valence-corrected chi connectivity index (χ1v) is 10.3. The molecule has 0 aliphatic carbocycles. The molecule has 2 fully saturated rings. The number of amides is 1. The zero-order chi connectivity index (χ0) is 19.4. The zero-order valence-corrected chi connectivity index (χ0v) is 16.7. The number of hydrogen-bond donors (Lipinski definition) is 2. The molecule has 5 nitrogen and oxygen atoms in total. The first kappa shape index (κ1) is 18.8. The average molecular weight is 379 g/mol. The van der Waals surface area contributed by atoms with E-state index in [-0.39, 0.29) is 11.4 Å². The van der Waals surface area contributed by atoms with Gasteiger partial charge in [0.15, 0.2) is 0 Å². The van der Waals surface area contributed by atoms with Gasteiger partial charge in [0.1, 0.15) is 5.54 Å². The number of piperidine rings is 1. The van der Waals surface area contributed by atoms with Crippen molar-refractivity contribution < 1.29 is 4.79 Å². The summed E-state index contributed by atoms with van der Waals surface area (Å²) in [5.74, 6) is 0.192. The second kappa shape index (κ2) is 8.23. The second-order valence-electron chi connectivity index (χ2n) is 7.95. The number of aryl methyl sites for hydroxylation is 1. The summed E-state index contributed by atoms with van der Waals surface area (Å²) >= 11 is 0. The first-order chi connectivity index (χ1) is 13.7. The lowest BCUT2D eigenvalue weighted by atomic mass is 9.85. The van der Waals surface area contributed by atoms with Crippen molar-refractivity contribution in [3.05, 3.63) is 60.2 Å². The molecule has 0 radical (unpaired) electrons. The number of benzene rings is 2. The van der Waals surface area contributed by atoms with Crippen LogP contribution in [0.4, 0.5) is 11.4 Å². The van der Waals surface area contributed by atoms with Gasteiger partial charge in [-0.05, 0) is 57.0 Å². The van der Waals surface area contributed by atoms with Crippen molar-refractivity contribution in [1.82, 2.24) is 10.2 Å². The molecule has 2 N–H and O–H groups in total. The SMILES string of the molecule is Cc1ccc(NCCCN2CCC3(CC2)C(=O)NCN3c2ccccc2)cc1. The molecule has 28 heavy (non-hydrogen) atoms. The fourth-order valence-corrected chi connectivity index (χ4v) is 4.39. The molecule has 1 amide bonds. The third kappa shape index (κ3) is 3.85. The molecule has 2 aliphatic heterocycles. The van der Waals surface area contributed by atoms with Gasteiger partial charge in [-0.1, -0.05) is 35.9 Å². The predicted molar refractivity (Wildman–Crippen MR) is 115 cm³/mol. The van der Waals surface area contributed by atoms with Crippen molar-refractivity contribution in [3.63, 3.8) is 0 Å². The summed E-state index contributed by atoms with van der Waals surface area (Å²) in [4.78, 5) is 17.5. The Bertz CT molecular complexity index is 782. The summed E-state index contributed by atoms with van der Waals surface area (Å²) < 4.78 is 0. The van der Waals surface area contributed by atoms with Crippen molar-refractivity contribution in [2.45, 2.75) is 31.7 Å². The van der Waals surface area contributed by atoms with E-state index in [1.165, 1.54) is 11.3 Å². The number of carbonyl (C=O) groups is 1. The Labute approximate surface area is 167 Å². The summed E-state index contributed by atoms with van der Waals surface area (Å²) in [5.41, 5.74) is 3.23. The van der Waals surface area contributed by atoms with E-state index in [2.05, 4.69) is 63.8 Å². The largest absolute Gasteiger partial charge is 0.385 e. The Morgan fingerprint density at radius 1 is 1.04 bits per heavy atom. The summed E-state index contributed by atoms with van der Waals surface area (Å²) in [6, 6.07) is 18.9. The fraction of sp³-hybridized carbons (Fsp3) is 0.435. The van der Waals surface area contributed by atoms with Gasteiger partial charge in [-0.25, -0.2) is 0 Å². The van der Waals surface area contributed by atoms with Gasteiger partial charge in [0.2, 0.25) is 5.91 Å². The summed E-state index contributed by atoms with van der Waals surface area (Å²) in [6.07, 6.45) is 2.88. The van der Waals surface area contributed by atoms with Crippen molar-refractivity contribution in [2.24, 2.45) is 0 Å². The van der Waals surface area contributed by atoms with E-state index in [1.807, 2.05) is 18.2 Å². The van der Waals surface area contributed by atoms with E-state index in [0.29, 0.717) is 6.67 Å². The number of para-hydroxylation sites is 1. The van der Waals surface area contributed by atoms with Crippen LogP contribution in [-0.2, 0) is 4.79 Å². The molecule has 0 atom stereocenters. The van der Waals surface area contributed by atoms with Crippen molar-refractivity contribution in [1.29, 1.82) is 0 Å².